The van der Waals surface area contributed by atoms with Crippen LogP contribution in [0, 0.1) is 0 Å². The Kier molecular flexibility index (Phi) is 7.46. The highest BCUT2D eigenvalue weighted by Crippen LogP contribution is 2.39. The molecular formula is C33H37N7O2. The number of fused-ring (bicyclic) bond motifs is 1. The van der Waals surface area contributed by atoms with Crippen molar-refractivity contribution in [3.8, 4) is 11.1 Å². The lowest BCUT2D eigenvalue weighted by Crippen LogP contribution is -2.39. The average molecular weight is 564 g/mol. The minimum Gasteiger partial charge on any atom is -0.378 e. The van der Waals surface area contributed by atoms with Gasteiger partial charge in [0.15, 0.2) is 0 Å². The van der Waals surface area contributed by atoms with Crippen LogP contribution in [0.2, 0.25) is 0 Å². The Hall–Kier alpha value is -4.05. The molecule has 3 aromatic carbocycles. The number of piperidine rings is 1. The van der Waals surface area contributed by atoms with Crippen molar-refractivity contribution in [2.75, 3.05) is 44.9 Å². The predicted molar refractivity (Wildman–Crippen MR) is 169 cm³/mol. The molecule has 3 atom stereocenters. The Bertz CT molecular complexity index is 1670. The van der Waals surface area contributed by atoms with E-state index in [0.717, 1.165) is 55.7 Å². The normalized spacial score (nSPS) is 23.1. The number of hydrogen-bond acceptors (Lipinski definition) is 7. The fraction of sp³-hybridized carbons (Fsp3) is 0.364. The second kappa shape index (κ2) is 11.7. The minimum atomic E-state index is -0.149. The second-order valence-electron chi connectivity index (χ2n) is 11.6. The molecule has 2 saturated heterocycles. The molecule has 2 fully saturated rings. The molecule has 3 N–H and O–H groups in total. The average Bonchev–Trinajstić information content (AvgIpc) is 3.42. The molecule has 9 nitrogen and oxygen atoms in total. The highest BCUT2D eigenvalue weighted by Gasteiger charge is 2.30. The third-order valence-electron chi connectivity index (χ3n) is 8.97. The zero-order valence-corrected chi connectivity index (χ0v) is 23.9. The van der Waals surface area contributed by atoms with Crippen LogP contribution in [-0.4, -0.2) is 73.6 Å². The van der Waals surface area contributed by atoms with Gasteiger partial charge in [0.1, 0.15) is 13.0 Å². The Balaban J connectivity index is 1.28. The maximum absolute atomic E-state index is 12.1. The maximum atomic E-state index is 12.1. The lowest BCUT2D eigenvalue weighted by atomic mass is 9.82. The first-order valence-electron chi connectivity index (χ1n) is 14.9. The summed E-state index contributed by atoms with van der Waals surface area (Å²) in [4.78, 5) is 31.4. The van der Waals surface area contributed by atoms with Gasteiger partial charge in [-0.05, 0) is 78.7 Å². The third-order valence-corrected chi connectivity index (χ3v) is 8.97. The Morgan fingerprint density at radius 3 is 2.79 bits per heavy atom. The van der Waals surface area contributed by atoms with E-state index in [2.05, 4.69) is 90.6 Å². The molecule has 7 rings (SSSR count). The van der Waals surface area contributed by atoms with Crippen molar-refractivity contribution in [3.05, 3.63) is 87.8 Å². The van der Waals surface area contributed by atoms with Crippen LogP contribution in [0.1, 0.15) is 41.5 Å². The first-order chi connectivity index (χ1) is 20.6. The van der Waals surface area contributed by atoms with Crippen LogP contribution in [0.4, 0.5) is 5.69 Å². The molecule has 1 aromatic heterocycles. The van der Waals surface area contributed by atoms with Gasteiger partial charge in [0, 0.05) is 18.3 Å². The van der Waals surface area contributed by atoms with E-state index in [1.54, 1.807) is 6.34 Å². The second-order valence-corrected chi connectivity index (χ2v) is 11.6. The number of aliphatic imine (C=N–C) groups is 2. The summed E-state index contributed by atoms with van der Waals surface area (Å²) >= 11 is 0. The van der Waals surface area contributed by atoms with Crippen molar-refractivity contribution in [3.63, 3.8) is 0 Å². The largest absolute Gasteiger partial charge is 0.378 e. The molecule has 0 radical (unpaired) electrons. The van der Waals surface area contributed by atoms with E-state index in [1.807, 2.05) is 18.5 Å². The lowest BCUT2D eigenvalue weighted by Gasteiger charge is -2.36. The molecule has 3 aliphatic rings. The molecule has 3 aliphatic heterocycles. The molecule has 216 valence electrons. The number of ether oxygens (including phenoxy) is 1. The van der Waals surface area contributed by atoms with Crippen molar-refractivity contribution in [2.45, 2.75) is 37.3 Å². The van der Waals surface area contributed by atoms with E-state index in [1.165, 1.54) is 27.8 Å². The van der Waals surface area contributed by atoms with Crippen LogP contribution in [-0.2, 0) is 11.2 Å². The number of hydrogen-bond donors (Lipinski definition) is 3. The monoisotopic (exact) mass is 563 g/mol. The van der Waals surface area contributed by atoms with Gasteiger partial charge >= 0.3 is 5.69 Å². The summed E-state index contributed by atoms with van der Waals surface area (Å²) < 4.78 is 5.99. The van der Waals surface area contributed by atoms with Gasteiger partial charge in [0.05, 0.1) is 36.6 Å². The first kappa shape index (κ1) is 26.8. The molecule has 9 heteroatoms. The van der Waals surface area contributed by atoms with E-state index < -0.39 is 0 Å². The summed E-state index contributed by atoms with van der Waals surface area (Å²) in [5.41, 5.74) is 9.02. The zero-order valence-electron chi connectivity index (χ0n) is 23.9. The molecule has 3 unspecified atom stereocenters. The molecule has 0 amide bonds. The Morgan fingerprint density at radius 1 is 1.05 bits per heavy atom. The van der Waals surface area contributed by atoms with Gasteiger partial charge in [-0.2, -0.15) is 0 Å². The molecule has 0 aliphatic carbocycles. The Labute approximate surface area is 245 Å². The van der Waals surface area contributed by atoms with Crippen LogP contribution in [0.3, 0.4) is 0 Å². The number of anilines is 1. The fourth-order valence-electron chi connectivity index (χ4n) is 6.82. The highest BCUT2D eigenvalue weighted by molar-refractivity contribution is 5.89. The molecule has 0 saturated carbocycles. The Morgan fingerprint density at radius 2 is 1.95 bits per heavy atom. The van der Waals surface area contributed by atoms with E-state index in [9.17, 15) is 4.79 Å². The van der Waals surface area contributed by atoms with Crippen LogP contribution in [0.15, 0.2) is 75.4 Å². The third kappa shape index (κ3) is 5.31. The standard InChI is InChI=1S/C33H37N7O2/c1-39-12-13-42-18-31(39)28-16-24(27(22-6-3-2-4-7-22)17-30(28)40-20-34-19-35-21-40)15-25-14-23(10-11-36-25)26-8-5-9-29-32(26)38-33(41)37-29/h2-9,16-17,19-20,23,25,31,36H,10-15,18,21H2,1H3,(H2,37,38,41). The van der Waals surface area contributed by atoms with Gasteiger partial charge < -0.3 is 24.9 Å². The van der Waals surface area contributed by atoms with Crippen LogP contribution in [0.25, 0.3) is 22.2 Å². The molecule has 4 heterocycles. The number of likely N-dealkylation sites (N-methyl/N-ethyl adjacent to an activating group) is 1. The van der Waals surface area contributed by atoms with Crippen molar-refractivity contribution in [1.29, 1.82) is 0 Å². The van der Waals surface area contributed by atoms with Gasteiger partial charge in [-0.25, -0.2) is 9.79 Å². The number of benzene rings is 3. The number of nitrogens with one attached hydrogen (secondary N) is 3. The van der Waals surface area contributed by atoms with Crippen LogP contribution < -0.4 is 15.9 Å². The van der Waals surface area contributed by atoms with Gasteiger partial charge in [0.2, 0.25) is 0 Å². The van der Waals surface area contributed by atoms with Gasteiger partial charge in [0.25, 0.3) is 0 Å². The number of nitrogens with zero attached hydrogens (tertiary/aromatic N) is 4. The topological polar surface area (TPSA) is 101 Å². The summed E-state index contributed by atoms with van der Waals surface area (Å²) in [6.45, 7) is 3.78. The summed E-state index contributed by atoms with van der Waals surface area (Å²) in [5.74, 6) is 0.366. The van der Waals surface area contributed by atoms with Crippen molar-refractivity contribution in [1.82, 2.24) is 20.2 Å². The van der Waals surface area contributed by atoms with E-state index in [0.29, 0.717) is 25.2 Å². The zero-order chi connectivity index (χ0) is 28.5. The van der Waals surface area contributed by atoms with Crippen LogP contribution >= 0.6 is 0 Å². The maximum Gasteiger partial charge on any atom is 0.323 e. The van der Waals surface area contributed by atoms with Crippen LogP contribution in [0.5, 0.6) is 0 Å². The van der Waals surface area contributed by atoms with Crippen molar-refractivity contribution >= 4 is 29.4 Å². The molecule has 4 aromatic rings. The van der Waals surface area contributed by atoms with Gasteiger partial charge in [-0.15, -0.1) is 0 Å². The SMILES string of the molecule is CN1CCOCC1c1cc(CC2CC(c3cccc4[nH]c(=O)[nH]c34)CCN2)c(-c2ccccc2)cc1N1C=NC=NC1. The van der Waals surface area contributed by atoms with E-state index in [4.69, 9.17) is 4.74 Å². The lowest BCUT2D eigenvalue weighted by molar-refractivity contribution is 0.00523. The van der Waals surface area contributed by atoms with Gasteiger partial charge in [-0.1, -0.05) is 48.5 Å². The van der Waals surface area contributed by atoms with Gasteiger partial charge in [-0.3, -0.25) is 9.89 Å². The molecule has 42 heavy (non-hydrogen) atoms. The summed E-state index contributed by atoms with van der Waals surface area (Å²) in [5, 5.41) is 3.82. The first-order valence-corrected chi connectivity index (χ1v) is 14.9. The molecule has 0 bridgehead atoms. The van der Waals surface area contributed by atoms with E-state index >= 15 is 0 Å². The number of morpholine rings is 1. The molecule has 0 spiro atoms. The van der Waals surface area contributed by atoms with Crippen molar-refractivity contribution in [2.24, 2.45) is 9.98 Å². The number of rotatable bonds is 6. The number of imidazole rings is 1. The highest BCUT2D eigenvalue weighted by atomic mass is 16.5. The molecular weight excluding hydrogens is 526 g/mol. The predicted octanol–water partition coefficient (Wildman–Crippen LogP) is 4.44. The fourth-order valence-corrected chi connectivity index (χ4v) is 6.82. The number of aromatic nitrogens is 2. The van der Waals surface area contributed by atoms with Crippen molar-refractivity contribution < 1.29 is 4.74 Å². The number of para-hydroxylation sites is 1. The quantitative estimate of drug-likeness (QED) is 0.322. The number of aromatic amines is 2. The van der Waals surface area contributed by atoms with E-state index in [-0.39, 0.29) is 11.7 Å². The number of H-pyrrole nitrogens is 2. The smallest absolute Gasteiger partial charge is 0.323 e. The minimum absolute atomic E-state index is 0.145. The summed E-state index contributed by atoms with van der Waals surface area (Å²) in [7, 11) is 2.18. The summed E-state index contributed by atoms with van der Waals surface area (Å²) in [6, 6.07) is 22.0. The summed E-state index contributed by atoms with van der Waals surface area (Å²) in [6.07, 6.45) is 6.43.